The first-order valence-corrected chi connectivity index (χ1v) is 9.28. The summed E-state index contributed by atoms with van der Waals surface area (Å²) in [7, 11) is 1.59. The van der Waals surface area contributed by atoms with E-state index in [1.54, 1.807) is 67.9 Å². The van der Waals surface area contributed by atoms with Crippen molar-refractivity contribution >= 4 is 41.0 Å². The molecule has 0 aliphatic heterocycles. The van der Waals surface area contributed by atoms with Crippen molar-refractivity contribution in [2.24, 2.45) is 0 Å². The van der Waals surface area contributed by atoms with Crippen LogP contribution in [0.5, 0.6) is 0 Å². The smallest absolute Gasteiger partial charge is 0.261 e. The van der Waals surface area contributed by atoms with Gasteiger partial charge in [0.2, 0.25) is 0 Å². The van der Waals surface area contributed by atoms with E-state index >= 15 is 0 Å². The molecule has 30 heavy (non-hydrogen) atoms. The zero-order chi connectivity index (χ0) is 21.7. The molecule has 6 nitrogen and oxygen atoms in total. The number of halogens is 1. The highest BCUT2D eigenvalue weighted by atomic mass is 35.5. The fraction of sp³-hybridized carbons (Fsp3) is 0.0435. The van der Waals surface area contributed by atoms with Gasteiger partial charge in [0, 0.05) is 23.8 Å². The first-order chi connectivity index (χ1) is 14.4. The molecule has 0 aliphatic carbocycles. The first kappa shape index (κ1) is 20.8. The zero-order valence-electron chi connectivity index (χ0n) is 16.1. The number of hydrogen-bond donors (Lipinski definition) is 1. The van der Waals surface area contributed by atoms with E-state index in [4.69, 9.17) is 16.9 Å². The lowest BCUT2D eigenvalue weighted by Crippen LogP contribution is -2.28. The normalized spacial score (nSPS) is 10.0. The van der Waals surface area contributed by atoms with Crippen LogP contribution in [0.15, 0.2) is 67.4 Å². The Balaban J connectivity index is 1.88. The van der Waals surface area contributed by atoms with Crippen LogP contribution in [0.2, 0.25) is 5.02 Å². The Hall–Kier alpha value is -3.95. The average molecular weight is 417 g/mol. The van der Waals surface area contributed by atoms with Gasteiger partial charge in [0.1, 0.15) is 5.82 Å². The third kappa shape index (κ3) is 4.54. The summed E-state index contributed by atoms with van der Waals surface area (Å²) in [6.45, 7) is 3.68. The maximum Gasteiger partial charge on any atom is 0.261 e. The Morgan fingerprint density at radius 3 is 2.50 bits per heavy atom. The van der Waals surface area contributed by atoms with Crippen LogP contribution in [-0.4, -0.2) is 23.8 Å². The summed E-state index contributed by atoms with van der Waals surface area (Å²) in [6, 6.07) is 16.3. The minimum atomic E-state index is -0.410. The lowest BCUT2D eigenvalue weighted by atomic mass is 10.1. The van der Waals surface area contributed by atoms with Crippen LogP contribution < -0.4 is 10.2 Å². The fourth-order valence-corrected chi connectivity index (χ4v) is 2.87. The van der Waals surface area contributed by atoms with Gasteiger partial charge in [-0.2, -0.15) is 5.26 Å². The topological polar surface area (TPSA) is 86.1 Å². The van der Waals surface area contributed by atoms with E-state index in [0.717, 1.165) is 5.56 Å². The van der Waals surface area contributed by atoms with Crippen LogP contribution in [0.3, 0.4) is 0 Å². The quantitative estimate of drug-likeness (QED) is 0.648. The second-order valence-electron chi connectivity index (χ2n) is 6.35. The fourth-order valence-electron chi connectivity index (χ4n) is 2.69. The van der Waals surface area contributed by atoms with E-state index in [1.807, 2.05) is 6.07 Å². The second kappa shape index (κ2) is 9.03. The molecule has 1 N–H and O–H groups in total. The maximum atomic E-state index is 13.1. The van der Waals surface area contributed by atoms with Crippen LogP contribution in [-0.2, 0) is 0 Å². The second-order valence-corrected chi connectivity index (χ2v) is 6.79. The molecule has 0 bridgehead atoms. The van der Waals surface area contributed by atoms with Gasteiger partial charge in [0.25, 0.3) is 11.8 Å². The van der Waals surface area contributed by atoms with Crippen LogP contribution in [0, 0.1) is 11.3 Å². The third-order valence-electron chi connectivity index (χ3n) is 4.39. The Bertz CT molecular complexity index is 1150. The molecule has 0 saturated heterocycles. The van der Waals surface area contributed by atoms with E-state index in [1.165, 1.54) is 11.0 Å². The molecule has 0 saturated carbocycles. The Morgan fingerprint density at radius 1 is 1.17 bits per heavy atom. The SMILES string of the molecule is C=Cc1ccc(N(C)C(=O)c2cc(Cl)ccc2NC(=O)c2ccc(C#N)cc2)nc1. The number of nitrogens with zero attached hydrogens (tertiary/aromatic N) is 3. The van der Waals surface area contributed by atoms with Crippen molar-refractivity contribution in [1.29, 1.82) is 5.26 Å². The monoisotopic (exact) mass is 416 g/mol. The molecule has 0 unspecified atom stereocenters. The van der Waals surface area contributed by atoms with Crippen molar-refractivity contribution in [1.82, 2.24) is 4.98 Å². The molecule has 148 valence electrons. The minimum Gasteiger partial charge on any atom is -0.321 e. The van der Waals surface area contributed by atoms with E-state index in [0.29, 0.717) is 27.7 Å². The minimum absolute atomic E-state index is 0.224. The summed E-state index contributed by atoms with van der Waals surface area (Å²) in [5.41, 5.74) is 2.18. The lowest BCUT2D eigenvalue weighted by Gasteiger charge is -2.19. The zero-order valence-corrected chi connectivity index (χ0v) is 16.8. The third-order valence-corrected chi connectivity index (χ3v) is 4.63. The predicted octanol–water partition coefficient (Wildman–Crippen LogP) is 4.78. The van der Waals surface area contributed by atoms with E-state index in [-0.39, 0.29) is 11.5 Å². The standard InChI is InChI=1S/C23H17ClN4O2/c1-3-15-6-11-21(26-14-15)28(2)23(30)19-12-18(24)9-10-20(19)27-22(29)17-7-4-16(13-25)5-8-17/h3-12,14H,1H2,2H3,(H,27,29). The maximum absolute atomic E-state index is 13.1. The largest absolute Gasteiger partial charge is 0.321 e. The Labute approximate surface area is 179 Å². The molecule has 1 aromatic heterocycles. The highest BCUT2D eigenvalue weighted by molar-refractivity contribution is 6.31. The van der Waals surface area contributed by atoms with Crippen molar-refractivity contribution < 1.29 is 9.59 Å². The summed E-state index contributed by atoms with van der Waals surface area (Å²) >= 11 is 6.10. The van der Waals surface area contributed by atoms with Crippen molar-refractivity contribution in [3.05, 3.63) is 94.6 Å². The summed E-state index contributed by atoms with van der Waals surface area (Å²) in [5, 5.41) is 12.0. The van der Waals surface area contributed by atoms with Crippen molar-refractivity contribution in [3.8, 4) is 6.07 Å². The number of carbonyl (C=O) groups is 2. The molecule has 0 fully saturated rings. The summed E-state index contributed by atoms with van der Waals surface area (Å²) in [5.74, 6) is -0.353. The van der Waals surface area contributed by atoms with Crippen molar-refractivity contribution in [3.63, 3.8) is 0 Å². The summed E-state index contributed by atoms with van der Waals surface area (Å²) in [4.78, 5) is 31.3. The van der Waals surface area contributed by atoms with Crippen LogP contribution in [0.25, 0.3) is 6.08 Å². The van der Waals surface area contributed by atoms with Crippen molar-refractivity contribution in [2.45, 2.75) is 0 Å². The van der Waals surface area contributed by atoms with Crippen LogP contribution in [0.1, 0.15) is 31.8 Å². The van der Waals surface area contributed by atoms with Gasteiger partial charge in [-0.1, -0.05) is 24.3 Å². The number of pyridine rings is 1. The lowest BCUT2D eigenvalue weighted by molar-refractivity contribution is 0.0993. The molecule has 7 heteroatoms. The van der Waals surface area contributed by atoms with E-state index in [9.17, 15) is 9.59 Å². The molecule has 0 atom stereocenters. The van der Waals surface area contributed by atoms with Gasteiger partial charge in [-0.3, -0.25) is 14.5 Å². The van der Waals surface area contributed by atoms with Gasteiger partial charge in [0.05, 0.1) is 22.9 Å². The van der Waals surface area contributed by atoms with Gasteiger partial charge in [0.15, 0.2) is 0 Å². The van der Waals surface area contributed by atoms with Gasteiger partial charge in [-0.05, 0) is 60.2 Å². The van der Waals surface area contributed by atoms with E-state index < -0.39 is 5.91 Å². The molecule has 1 heterocycles. The molecule has 0 radical (unpaired) electrons. The molecule has 3 rings (SSSR count). The number of aromatic nitrogens is 1. The van der Waals surface area contributed by atoms with Crippen LogP contribution in [0.4, 0.5) is 11.5 Å². The van der Waals surface area contributed by atoms with Crippen molar-refractivity contribution in [2.75, 3.05) is 17.3 Å². The molecule has 0 aliphatic rings. The van der Waals surface area contributed by atoms with Gasteiger partial charge >= 0.3 is 0 Å². The number of carbonyl (C=O) groups excluding carboxylic acids is 2. The molecule has 3 aromatic rings. The van der Waals surface area contributed by atoms with Gasteiger partial charge < -0.3 is 5.32 Å². The number of nitriles is 1. The number of rotatable bonds is 5. The predicted molar refractivity (Wildman–Crippen MR) is 118 cm³/mol. The number of benzene rings is 2. The summed E-state index contributed by atoms with van der Waals surface area (Å²) < 4.78 is 0. The molecule has 2 amide bonds. The number of nitrogens with one attached hydrogen (secondary N) is 1. The first-order valence-electron chi connectivity index (χ1n) is 8.90. The average Bonchev–Trinajstić information content (AvgIpc) is 2.79. The van der Waals surface area contributed by atoms with Gasteiger partial charge in [-0.25, -0.2) is 4.98 Å². The Morgan fingerprint density at radius 2 is 1.90 bits per heavy atom. The van der Waals surface area contributed by atoms with E-state index in [2.05, 4.69) is 16.9 Å². The number of amides is 2. The molecule has 0 spiro atoms. The molecular weight excluding hydrogens is 400 g/mol. The highest BCUT2D eigenvalue weighted by Gasteiger charge is 2.20. The molecule has 2 aromatic carbocycles. The number of hydrogen-bond acceptors (Lipinski definition) is 4. The Kier molecular flexibility index (Phi) is 6.26. The van der Waals surface area contributed by atoms with Crippen LogP contribution >= 0.6 is 11.6 Å². The molecular formula is C23H17ClN4O2. The highest BCUT2D eigenvalue weighted by Crippen LogP contribution is 2.24. The van der Waals surface area contributed by atoms with Gasteiger partial charge in [-0.15, -0.1) is 0 Å². The number of anilines is 2. The summed E-state index contributed by atoms with van der Waals surface area (Å²) in [6.07, 6.45) is 3.27.